The van der Waals surface area contributed by atoms with Crippen molar-refractivity contribution < 1.29 is 0 Å². The van der Waals surface area contributed by atoms with E-state index in [0.717, 1.165) is 32.8 Å². The van der Waals surface area contributed by atoms with Gasteiger partial charge in [0, 0.05) is 17.2 Å². The molecule has 82 valence electrons. The van der Waals surface area contributed by atoms with Crippen molar-refractivity contribution in [2.75, 3.05) is 12.3 Å². The van der Waals surface area contributed by atoms with Gasteiger partial charge in [-0.1, -0.05) is 0 Å². The molecule has 0 atom stereocenters. The molecule has 6 heteroatoms. The van der Waals surface area contributed by atoms with Crippen molar-refractivity contribution >= 4 is 60.0 Å². The number of benzene rings is 1. The maximum Gasteiger partial charge on any atom is 0.149 e. The molecule has 0 unspecified atom stereocenters. The van der Waals surface area contributed by atoms with Crippen LogP contribution in [0.3, 0.4) is 0 Å². The Labute approximate surface area is 110 Å². The van der Waals surface area contributed by atoms with E-state index < -0.39 is 0 Å². The van der Waals surface area contributed by atoms with Crippen molar-refractivity contribution in [1.29, 1.82) is 0 Å². The second kappa shape index (κ2) is 4.56. The maximum absolute atomic E-state index is 5.73. The van der Waals surface area contributed by atoms with Gasteiger partial charge in [0.1, 0.15) is 10.1 Å². The van der Waals surface area contributed by atoms with Crippen LogP contribution in [0.4, 0.5) is 0 Å². The summed E-state index contributed by atoms with van der Waals surface area (Å²) in [6.07, 6.45) is 0. The highest BCUT2D eigenvalue weighted by molar-refractivity contribution is 8.21. The predicted octanol–water partition coefficient (Wildman–Crippen LogP) is 4.04. The lowest BCUT2D eigenvalue weighted by Gasteiger charge is -1.91. The molecule has 2 heterocycles. The topological polar surface area (TPSA) is 25.2 Å². The van der Waals surface area contributed by atoms with Gasteiger partial charge in [0.25, 0.3) is 0 Å². The van der Waals surface area contributed by atoms with Crippen LogP contribution in [0.5, 0.6) is 0 Å². The molecule has 1 aromatic carbocycles. The Morgan fingerprint density at radius 1 is 1.38 bits per heavy atom. The fourth-order valence-corrected chi connectivity index (χ4v) is 4.09. The summed E-state index contributed by atoms with van der Waals surface area (Å²) >= 11 is 3.48. The lowest BCUT2D eigenvalue weighted by atomic mass is 10.3. The summed E-state index contributed by atoms with van der Waals surface area (Å²) in [7, 11) is 6.98. The third kappa shape index (κ3) is 1.97. The van der Waals surface area contributed by atoms with Gasteiger partial charge in [-0.05, 0) is 39.9 Å². The lowest BCUT2D eigenvalue weighted by Crippen LogP contribution is -1.88. The number of nitrogens with zero attached hydrogens (tertiary/aromatic N) is 2. The molecule has 0 amide bonds. The van der Waals surface area contributed by atoms with Gasteiger partial charge in [0.15, 0.2) is 0 Å². The Hall–Kier alpha value is -0.230. The van der Waals surface area contributed by atoms with E-state index in [1.165, 1.54) is 15.7 Å². The zero-order valence-corrected chi connectivity index (χ0v) is 11.3. The molecule has 1 aliphatic rings. The molecule has 0 radical (unpaired) electrons. The summed E-state index contributed by atoms with van der Waals surface area (Å²) in [5.74, 6) is 1.08. The molecule has 0 aliphatic carbocycles. The van der Waals surface area contributed by atoms with Crippen LogP contribution in [0.1, 0.15) is 5.01 Å². The Kier molecular flexibility index (Phi) is 3.11. The van der Waals surface area contributed by atoms with E-state index in [0.29, 0.717) is 0 Å². The molecule has 0 saturated carbocycles. The average Bonchev–Trinajstić information content (AvgIpc) is 2.96. The number of thioether (sulfide) groups is 1. The van der Waals surface area contributed by atoms with Crippen molar-refractivity contribution in [3.63, 3.8) is 0 Å². The van der Waals surface area contributed by atoms with E-state index >= 15 is 0 Å². The highest BCUT2D eigenvalue weighted by atomic mass is 35.7. The van der Waals surface area contributed by atoms with Gasteiger partial charge in [0.05, 0.1) is 10.2 Å². The third-order valence-corrected chi connectivity index (χ3v) is 5.32. The minimum Gasteiger partial charge on any atom is -0.274 e. The lowest BCUT2D eigenvalue weighted by molar-refractivity contribution is 1.17. The van der Waals surface area contributed by atoms with E-state index in [2.05, 4.69) is 16.0 Å². The summed E-state index contributed by atoms with van der Waals surface area (Å²) in [5.41, 5.74) is 1.03. The first kappa shape index (κ1) is 10.9. The molecular formula is C10H7ClN2S3. The number of hydrogen-bond acceptors (Lipinski definition) is 5. The van der Waals surface area contributed by atoms with Crippen molar-refractivity contribution in [3.05, 3.63) is 23.2 Å². The highest BCUT2D eigenvalue weighted by Gasteiger charge is 2.14. The number of rotatable bonds is 2. The molecule has 0 N–H and O–H groups in total. The van der Waals surface area contributed by atoms with E-state index in [1.807, 2.05) is 12.1 Å². The summed E-state index contributed by atoms with van der Waals surface area (Å²) in [6.45, 7) is 0.915. The third-order valence-electron chi connectivity index (χ3n) is 2.22. The molecule has 1 aromatic heterocycles. The summed E-state index contributed by atoms with van der Waals surface area (Å²) in [4.78, 5) is 10.1. The molecule has 0 saturated heterocycles. The average molecular weight is 287 g/mol. The molecule has 16 heavy (non-hydrogen) atoms. The van der Waals surface area contributed by atoms with E-state index in [-0.39, 0.29) is 0 Å². The maximum atomic E-state index is 5.73. The van der Waals surface area contributed by atoms with Crippen molar-refractivity contribution in [3.8, 4) is 0 Å². The van der Waals surface area contributed by atoms with Crippen molar-refractivity contribution in [2.24, 2.45) is 4.99 Å². The van der Waals surface area contributed by atoms with E-state index in [1.54, 1.807) is 23.1 Å². The summed E-state index contributed by atoms with van der Waals surface area (Å²) in [5, 5.41) is 2.12. The highest BCUT2D eigenvalue weighted by Crippen LogP contribution is 2.31. The van der Waals surface area contributed by atoms with Crippen LogP contribution in [-0.4, -0.2) is 22.3 Å². The zero-order valence-electron chi connectivity index (χ0n) is 8.14. The van der Waals surface area contributed by atoms with Gasteiger partial charge in [-0.2, -0.15) is 0 Å². The number of thiazole rings is 1. The molecule has 0 fully saturated rings. The summed E-state index contributed by atoms with van der Waals surface area (Å²) < 4.78 is 1.18. The van der Waals surface area contributed by atoms with Gasteiger partial charge in [0.2, 0.25) is 0 Å². The fraction of sp³-hybridized carbons (Fsp3) is 0.200. The first-order valence-electron chi connectivity index (χ1n) is 4.73. The Morgan fingerprint density at radius 3 is 3.06 bits per heavy atom. The monoisotopic (exact) mass is 286 g/mol. The molecule has 3 rings (SSSR count). The van der Waals surface area contributed by atoms with Crippen LogP contribution >= 0.6 is 44.8 Å². The molecule has 2 aromatic rings. The van der Waals surface area contributed by atoms with Crippen LogP contribution in [0.2, 0.25) is 0 Å². The van der Waals surface area contributed by atoms with Crippen molar-refractivity contribution in [1.82, 2.24) is 4.98 Å². The number of halogens is 1. The van der Waals surface area contributed by atoms with E-state index in [9.17, 15) is 0 Å². The van der Waals surface area contributed by atoms with Crippen LogP contribution in [0, 0.1) is 0 Å². The van der Waals surface area contributed by atoms with Crippen molar-refractivity contribution in [2.45, 2.75) is 4.90 Å². The molecule has 1 aliphatic heterocycles. The Morgan fingerprint density at radius 2 is 2.31 bits per heavy atom. The van der Waals surface area contributed by atoms with Gasteiger partial charge in [-0.3, -0.25) is 4.99 Å². The van der Waals surface area contributed by atoms with Crippen LogP contribution < -0.4 is 0 Å². The zero-order chi connectivity index (χ0) is 11.0. The van der Waals surface area contributed by atoms with Gasteiger partial charge in [-0.15, -0.1) is 23.1 Å². The smallest absolute Gasteiger partial charge is 0.149 e. The van der Waals surface area contributed by atoms with Gasteiger partial charge >= 0.3 is 0 Å². The van der Waals surface area contributed by atoms with Gasteiger partial charge < -0.3 is 0 Å². The van der Waals surface area contributed by atoms with Crippen LogP contribution in [0.25, 0.3) is 10.2 Å². The predicted molar refractivity (Wildman–Crippen MR) is 75.2 cm³/mol. The number of aliphatic imine (C=N–C) groups is 1. The normalized spacial score (nSPS) is 15.7. The fourth-order valence-electron chi connectivity index (χ4n) is 1.51. The molecule has 0 spiro atoms. The SMILES string of the molecule is ClSc1ccc2nc(C3=NCCS3)sc2c1. The first-order chi connectivity index (χ1) is 7.86. The minimum absolute atomic E-state index is 0.915. The molecule has 0 bridgehead atoms. The standard InChI is InChI=1S/C10H7ClN2S3/c11-16-6-1-2-7-8(5-6)15-10(13-7)9-12-3-4-14-9/h1-2,5H,3-4H2. The Bertz CT molecular complexity index is 564. The number of hydrogen-bond donors (Lipinski definition) is 0. The number of aromatic nitrogens is 1. The Balaban J connectivity index is 2.08. The minimum atomic E-state index is 0.915. The van der Waals surface area contributed by atoms with E-state index in [4.69, 9.17) is 10.7 Å². The molecule has 2 nitrogen and oxygen atoms in total. The molecular weight excluding hydrogens is 280 g/mol. The summed E-state index contributed by atoms with van der Waals surface area (Å²) in [6, 6.07) is 6.08. The van der Waals surface area contributed by atoms with Gasteiger partial charge in [-0.25, -0.2) is 4.98 Å². The second-order valence-electron chi connectivity index (χ2n) is 3.26. The van der Waals surface area contributed by atoms with Crippen LogP contribution in [0.15, 0.2) is 28.1 Å². The largest absolute Gasteiger partial charge is 0.274 e. The number of fused-ring (bicyclic) bond motifs is 1. The quantitative estimate of drug-likeness (QED) is 0.833. The van der Waals surface area contributed by atoms with Crippen LogP contribution in [-0.2, 0) is 0 Å². The second-order valence-corrected chi connectivity index (χ2v) is 6.46. The first-order valence-corrected chi connectivity index (χ1v) is 8.18.